The monoisotopic (exact) mass is 236 g/mol. The van der Waals surface area contributed by atoms with Gasteiger partial charge in [-0.05, 0) is 0 Å². The van der Waals surface area contributed by atoms with Crippen LogP contribution >= 0.6 is 0 Å². The van der Waals surface area contributed by atoms with Gasteiger partial charge < -0.3 is 14.9 Å². The standard InChI is InChI=1S/C10H12N4O3/c15-3-8-6(16)1-7(17-8)10-9-5(13-14-10)2-11-4-12-9/h2,4,6-8,15-16H,1,3H2,(H,13,14)/t6-,7+,8+/m0/s1. The molecule has 0 bridgehead atoms. The van der Waals surface area contributed by atoms with Crippen molar-refractivity contribution in [3.05, 3.63) is 18.2 Å². The number of aromatic nitrogens is 4. The normalized spacial score (nSPS) is 28.9. The van der Waals surface area contributed by atoms with Crippen LogP contribution in [0.15, 0.2) is 12.5 Å². The molecule has 1 aliphatic heterocycles. The molecule has 3 heterocycles. The van der Waals surface area contributed by atoms with Gasteiger partial charge in [0, 0.05) is 6.42 Å². The number of hydrogen-bond acceptors (Lipinski definition) is 6. The molecular formula is C10H12N4O3. The zero-order valence-electron chi connectivity index (χ0n) is 8.95. The molecule has 1 saturated heterocycles. The number of ether oxygens (including phenoxy) is 1. The third-order valence-electron chi connectivity index (χ3n) is 2.97. The second-order valence-corrected chi connectivity index (χ2v) is 4.04. The van der Waals surface area contributed by atoms with E-state index in [1.54, 1.807) is 6.20 Å². The summed E-state index contributed by atoms with van der Waals surface area (Å²) < 4.78 is 5.54. The van der Waals surface area contributed by atoms with Crippen molar-refractivity contribution >= 4 is 11.0 Å². The highest BCUT2D eigenvalue weighted by atomic mass is 16.5. The fourth-order valence-corrected chi connectivity index (χ4v) is 2.09. The summed E-state index contributed by atoms with van der Waals surface area (Å²) in [6.45, 7) is -0.196. The molecule has 2 aromatic heterocycles. The highest BCUT2D eigenvalue weighted by Gasteiger charge is 2.36. The Morgan fingerprint density at radius 1 is 1.53 bits per heavy atom. The second-order valence-electron chi connectivity index (χ2n) is 4.04. The Morgan fingerprint density at radius 2 is 2.41 bits per heavy atom. The van der Waals surface area contributed by atoms with E-state index in [2.05, 4.69) is 20.2 Å². The molecule has 1 aliphatic rings. The first-order valence-corrected chi connectivity index (χ1v) is 5.38. The van der Waals surface area contributed by atoms with Gasteiger partial charge in [0.25, 0.3) is 0 Å². The number of nitrogens with one attached hydrogen (secondary N) is 1. The first-order chi connectivity index (χ1) is 8.29. The third kappa shape index (κ3) is 1.68. The minimum Gasteiger partial charge on any atom is -0.394 e. The maximum Gasteiger partial charge on any atom is 0.129 e. The average molecular weight is 236 g/mol. The van der Waals surface area contributed by atoms with E-state index in [0.29, 0.717) is 17.5 Å². The van der Waals surface area contributed by atoms with Gasteiger partial charge in [-0.2, -0.15) is 5.10 Å². The number of aliphatic hydroxyl groups is 2. The molecule has 7 nitrogen and oxygen atoms in total. The van der Waals surface area contributed by atoms with E-state index in [0.717, 1.165) is 5.69 Å². The van der Waals surface area contributed by atoms with Gasteiger partial charge in [-0.1, -0.05) is 0 Å². The molecule has 0 aromatic carbocycles. The van der Waals surface area contributed by atoms with Gasteiger partial charge in [-0.15, -0.1) is 0 Å². The van der Waals surface area contributed by atoms with E-state index >= 15 is 0 Å². The van der Waals surface area contributed by atoms with Crippen LogP contribution in [0.4, 0.5) is 0 Å². The van der Waals surface area contributed by atoms with Crippen molar-refractivity contribution < 1.29 is 14.9 Å². The van der Waals surface area contributed by atoms with Crippen molar-refractivity contribution in [1.29, 1.82) is 0 Å². The summed E-state index contributed by atoms with van der Waals surface area (Å²) in [5.41, 5.74) is 2.07. The van der Waals surface area contributed by atoms with E-state index in [-0.39, 0.29) is 12.7 Å². The fourth-order valence-electron chi connectivity index (χ4n) is 2.09. The average Bonchev–Trinajstić information content (AvgIpc) is 2.92. The van der Waals surface area contributed by atoms with Crippen LogP contribution in [-0.4, -0.2) is 49.2 Å². The van der Waals surface area contributed by atoms with Gasteiger partial charge in [0.15, 0.2) is 0 Å². The SMILES string of the molecule is OC[C@H]1O[C@@H](c2[nH]nc3cncnc23)C[C@@H]1O. The van der Waals surface area contributed by atoms with Crippen LogP contribution in [0.2, 0.25) is 0 Å². The number of aliphatic hydroxyl groups excluding tert-OH is 2. The molecule has 17 heavy (non-hydrogen) atoms. The largest absolute Gasteiger partial charge is 0.394 e. The number of rotatable bonds is 2. The van der Waals surface area contributed by atoms with E-state index in [1.165, 1.54) is 6.33 Å². The summed E-state index contributed by atoms with van der Waals surface area (Å²) in [4.78, 5) is 8.01. The lowest BCUT2D eigenvalue weighted by Gasteiger charge is -2.10. The Kier molecular flexibility index (Phi) is 2.50. The number of fused-ring (bicyclic) bond motifs is 1. The smallest absolute Gasteiger partial charge is 0.129 e. The molecular weight excluding hydrogens is 224 g/mol. The van der Waals surface area contributed by atoms with Crippen LogP contribution in [0.5, 0.6) is 0 Å². The quantitative estimate of drug-likeness (QED) is 0.651. The lowest BCUT2D eigenvalue weighted by Crippen LogP contribution is -2.24. The Balaban J connectivity index is 1.95. The molecule has 0 spiro atoms. The number of aromatic amines is 1. The molecule has 0 amide bonds. The van der Waals surface area contributed by atoms with Crippen LogP contribution in [0.3, 0.4) is 0 Å². The van der Waals surface area contributed by atoms with Crippen LogP contribution in [-0.2, 0) is 4.74 Å². The van der Waals surface area contributed by atoms with E-state index in [4.69, 9.17) is 9.84 Å². The van der Waals surface area contributed by atoms with Crippen LogP contribution in [0.25, 0.3) is 11.0 Å². The second kappa shape index (κ2) is 4.02. The lowest BCUT2D eigenvalue weighted by atomic mass is 10.1. The minimum absolute atomic E-state index is 0.196. The highest BCUT2D eigenvalue weighted by Crippen LogP contribution is 2.34. The summed E-state index contributed by atoms with van der Waals surface area (Å²) in [6.07, 6.45) is 1.95. The first kappa shape index (κ1) is 10.6. The molecule has 2 aromatic rings. The highest BCUT2D eigenvalue weighted by molar-refractivity contribution is 5.75. The van der Waals surface area contributed by atoms with Crippen LogP contribution in [0, 0.1) is 0 Å². The van der Waals surface area contributed by atoms with Gasteiger partial charge in [-0.3, -0.25) is 5.10 Å². The van der Waals surface area contributed by atoms with Crippen LogP contribution in [0.1, 0.15) is 18.2 Å². The van der Waals surface area contributed by atoms with Gasteiger partial charge in [-0.25, -0.2) is 9.97 Å². The van der Waals surface area contributed by atoms with Gasteiger partial charge in [0.05, 0.1) is 24.6 Å². The van der Waals surface area contributed by atoms with Crippen LogP contribution < -0.4 is 0 Å². The van der Waals surface area contributed by atoms with Crippen molar-refractivity contribution in [2.75, 3.05) is 6.61 Å². The van der Waals surface area contributed by atoms with Crippen molar-refractivity contribution in [2.45, 2.75) is 24.7 Å². The summed E-state index contributed by atoms with van der Waals surface area (Å²) in [7, 11) is 0. The molecule has 90 valence electrons. The van der Waals surface area contributed by atoms with Gasteiger partial charge in [0.2, 0.25) is 0 Å². The summed E-state index contributed by atoms with van der Waals surface area (Å²) >= 11 is 0. The van der Waals surface area contributed by atoms with Crippen molar-refractivity contribution in [3.8, 4) is 0 Å². The maximum atomic E-state index is 9.68. The van der Waals surface area contributed by atoms with E-state index in [9.17, 15) is 5.11 Å². The summed E-state index contributed by atoms with van der Waals surface area (Å²) in [5, 5.41) is 25.6. The topological polar surface area (TPSA) is 104 Å². The summed E-state index contributed by atoms with van der Waals surface area (Å²) in [6, 6.07) is 0. The predicted octanol–water partition coefficient (Wildman–Crippen LogP) is -0.464. The van der Waals surface area contributed by atoms with Crippen molar-refractivity contribution in [1.82, 2.24) is 20.2 Å². The molecule has 3 rings (SSSR count). The molecule has 0 radical (unpaired) electrons. The van der Waals surface area contributed by atoms with Gasteiger partial charge >= 0.3 is 0 Å². The zero-order chi connectivity index (χ0) is 11.8. The Bertz CT molecular complexity index is 529. The predicted molar refractivity (Wildman–Crippen MR) is 57.0 cm³/mol. The molecule has 0 saturated carbocycles. The Hall–Kier alpha value is -1.57. The number of H-pyrrole nitrogens is 1. The summed E-state index contributed by atoms with van der Waals surface area (Å²) in [5.74, 6) is 0. The maximum absolute atomic E-state index is 9.68. The molecule has 3 atom stereocenters. The van der Waals surface area contributed by atoms with Crippen molar-refractivity contribution in [3.63, 3.8) is 0 Å². The lowest BCUT2D eigenvalue weighted by molar-refractivity contribution is -0.0232. The van der Waals surface area contributed by atoms with E-state index in [1.807, 2.05) is 0 Å². The first-order valence-electron chi connectivity index (χ1n) is 5.38. The molecule has 0 unspecified atom stereocenters. The third-order valence-corrected chi connectivity index (χ3v) is 2.97. The van der Waals surface area contributed by atoms with Crippen molar-refractivity contribution in [2.24, 2.45) is 0 Å². The fraction of sp³-hybridized carbons (Fsp3) is 0.500. The Morgan fingerprint density at radius 3 is 3.18 bits per heavy atom. The van der Waals surface area contributed by atoms with Gasteiger partial charge in [0.1, 0.15) is 29.6 Å². The molecule has 3 N–H and O–H groups in total. The Labute approximate surface area is 96.5 Å². The molecule has 0 aliphatic carbocycles. The number of hydrogen-bond donors (Lipinski definition) is 3. The molecule has 7 heteroatoms. The number of nitrogens with zero attached hydrogens (tertiary/aromatic N) is 3. The zero-order valence-corrected chi connectivity index (χ0v) is 8.95. The van der Waals surface area contributed by atoms with E-state index < -0.39 is 12.2 Å². The minimum atomic E-state index is -0.662. The molecule has 1 fully saturated rings.